The molecule has 0 amide bonds. The van der Waals surface area contributed by atoms with Gasteiger partial charge in [-0.3, -0.25) is 4.79 Å². The van der Waals surface area contributed by atoms with Crippen LogP contribution in [0.1, 0.15) is 29.2 Å². The lowest BCUT2D eigenvalue weighted by molar-refractivity contribution is -0.137. The second-order valence-electron chi connectivity index (χ2n) is 4.82. The maximum absolute atomic E-state index is 10.7. The van der Waals surface area contributed by atoms with Crippen molar-refractivity contribution in [1.29, 1.82) is 0 Å². The number of aliphatic carboxylic acids is 1. The van der Waals surface area contributed by atoms with Crippen LogP contribution in [0.25, 0.3) is 0 Å². The van der Waals surface area contributed by atoms with Gasteiger partial charge in [0.25, 0.3) is 0 Å². The van der Waals surface area contributed by atoms with Crippen LogP contribution in [0.5, 0.6) is 0 Å². The molecule has 20 heavy (non-hydrogen) atoms. The van der Waals surface area contributed by atoms with Crippen molar-refractivity contribution in [3.63, 3.8) is 0 Å². The number of imidazole rings is 1. The van der Waals surface area contributed by atoms with Crippen molar-refractivity contribution in [2.24, 2.45) is 7.05 Å². The summed E-state index contributed by atoms with van der Waals surface area (Å²) in [4.78, 5) is 15.2. The first-order valence-electron chi connectivity index (χ1n) is 6.44. The maximum atomic E-state index is 10.7. The highest BCUT2D eigenvalue weighted by Crippen LogP contribution is 2.17. The van der Waals surface area contributed by atoms with Crippen molar-refractivity contribution in [2.45, 2.75) is 26.2 Å². The molecule has 0 saturated heterocycles. The number of rotatable bonds is 5. The number of carboxylic acid groups (broad SMARTS) is 1. The molecule has 0 bridgehead atoms. The van der Waals surface area contributed by atoms with Crippen LogP contribution < -0.4 is 0 Å². The minimum atomic E-state index is -0.792. The monoisotopic (exact) mass is 336 g/mol. The van der Waals surface area contributed by atoms with E-state index in [2.05, 4.69) is 33.0 Å². The van der Waals surface area contributed by atoms with Gasteiger partial charge in [0.15, 0.2) is 0 Å². The molecule has 0 aliphatic carbocycles. The van der Waals surface area contributed by atoms with Crippen LogP contribution in [-0.2, 0) is 24.7 Å². The minimum Gasteiger partial charge on any atom is -0.481 e. The Kier molecular flexibility index (Phi) is 4.60. The zero-order valence-electron chi connectivity index (χ0n) is 11.6. The van der Waals surface area contributed by atoms with Crippen LogP contribution in [0.15, 0.2) is 28.7 Å². The standard InChI is InChI=1S/C15H17BrN2O2/c1-10-13(9-11-3-5-12(16)6-4-11)17-14(18(10)2)7-8-15(19)20/h3-6H,7-9H2,1-2H3,(H,19,20). The number of carboxylic acids is 1. The van der Waals surface area contributed by atoms with Crippen LogP contribution in [0, 0.1) is 6.92 Å². The van der Waals surface area contributed by atoms with E-state index in [1.165, 1.54) is 5.56 Å². The molecule has 1 aromatic carbocycles. The van der Waals surface area contributed by atoms with Gasteiger partial charge in [-0.2, -0.15) is 0 Å². The van der Waals surface area contributed by atoms with Gasteiger partial charge >= 0.3 is 5.97 Å². The van der Waals surface area contributed by atoms with Crippen molar-refractivity contribution >= 4 is 21.9 Å². The van der Waals surface area contributed by atoms with E-state index in [-0.39, 0.29) is 6.42 Å². The molecular weight excluding hydrogens is 320 g/mol. The molecule has 0 atom stereocenters. The van der Waals surface area contributed by atoms with Crippen molar-refractivity contribution in [2.75, 3.05) is 0 Å². The lowest BCUT2D eigenvalue weighted by Gasteiger charge is -2.02. The summed E-state index contributed by atoms with van der Waals surface area (Å²) < 4.78 is 3.04. The number of nitrogens with zero attached hydrogens (tertiary/aromatic N) is 2. The summed E-state index contributed by atoms with van der Waals surface area (Å²) in [5, 5.41) is 8.76. The zero-order chi connectivity index (χ0) is 14.7. The van der Waals surface area contributed by atoms with Crippen LogP contribution in [0.3, 0.4) is 0 Å². The number of aromatic nitrogens is 2. The largest absolute Gasteiger partial charge is 0.481 e. The summed E-state index contributed by atoms with van der Waals surface area (Å²) >= 11 is 3.42. The normalized spacial score (nSPS) is 10.8. The van der Waals surface area contributed by atoms with Gasteiger partial charge in [-0.25, -0.2) is 4.98 Å². The summed E-state index contributed by atoms with van der Waals surface area (Å²) in [7, 11) is 1.94. The molecule has 2 aromatic rings. The molecule has 0 aliphatic heterocycles. The number of carbonyl (C=O) groups is 1. The fraction of sp³-hybridized carbons (Fsp3) is 0.333. The smallest absolute Gasteiger partial charge is 0.303 e. The second kappa shape index (κ2) is 6.22. The van der Waals surface area contributed by atoms with Gasteiger partial charge in [0.2, 0.25) is 0 Å². The molecule has 0 aliphatic rings. The van der Waals surface area contributed by atoms with E-state index in [1.54, 1.807) is 0 Å². The number of hydrogen-bond acceptors (Lipinski definition) is 2. The van der Waals surface area contributed by atoms with Crippen LogP contribution in [0.2, 0.25) is 0 Å². The molecule has 0 unspecified atom stereocenters. The van der Waals surface area contributed by atoms with E-state index in [1.807, 2.05) is 30.7 Å². The molecule has 0 saturated carbocycles. The number of aryl methyl sites for hydroxylation is 1. The molecular formula is C15H17BrN2O2. The van der Waals surface area contributed by atoms with Gasteiger partial charge in [0.05, 0.1) is 12.1 Å². The molecule has 4 nitrogen and oxygen atoms in total. The first-order valence-corrected chi connectivity index (χ1v) is 7.24. The summed E-state index contributed by atoms with van der Waals surface area (Å²) in [5.41, 5.74) is 3.29. The van der Waals surface area contributed by atoms with Crippen LogP contribution in [0.4, 0.5) is 0 Å². The lowest BCUT2D eigenvalue weighted by atomic mass is 10.1. The molecule has 1 heterocycles. The Morgan fingerprint density at radius 2 is 2.00 bits per heavy atom. The molecule has 106 valence electrons. The topological polar surface area (TPSA) is 55.1 Å². The van der Waals surface area contributed by atoms with Crippen molar-refractivity contribution < 1.29 is 9.90 Å². The highest BCUT2D eigenvalue weighted by Gasteiger charge is 2.12. The fourth-order valence-electron chi connectivity index (χ4n) is 2.10. The molecule has 5 heteroatoms. The Morgan fingerprint density at radius 1 is 1.35 bits per heavy atom. The van der Waals surface area contributed by atoms with E-state index in [0.29, 0.717) is 6.42 Å². The van der Waals surface area contributed by atoms with E-state index in [0.717, 1.165) is 28.1 Å². The number of halogens is 1. The third-order valence-electron chi connectivity index (χ3n) is 3.42. The molecule has 1 aromatic heterocycles. The van der Waals surface area contributed by atoms with Gasteiger partial charge in [0, 0.05) is 30.1 Å². The third-order valence-corrected chi connectivity index (χ3v) is 3.95. The van der Waals surface area contributed by atoms with E-state index >= 15 is 0 Å². The fourth-order valence-corrected chi connectivity index (χ4v) is 2.37. The van der Waals surface area contributed by atoms with E-state index in [9.17, 15) is 4.79 Å². The molecule has 2 rings (SSSR count). The zero-order valence-corrected chi connectivity index (χ0v) is 13.1. The Morgan fingerprint density at radius 3 is 2.60 bits per heavy atom. The van der Waals surface area contributed by atoms with Gasteiger partial charge < -0.3 is 9.67 Å². The Hall–Kier alpha value is -1.62. The summed E-state index contributed by atoms with van der Waals surface area (Å²) in [6, 6.07) is 8.15. The van der Waals surface area contributed by atoms with E-state index < -0.39 is 5.97 Å². The third kappa shape index (κ3) is 3.48. The van der Waals surface area contributed by atoms with Crippen molar-refractivity contribution in [3.05, 3.63) is 51.5 Å². The van der Waals surface area contributed by atoms with Gasteiger partial charge in [-0.05, 0) is 24.6 Å². The molecule has 1 N–H and O–H groups in total. The maximum Gasteiger partial charge on any atom is 0.303 e. The average molecular weight is 337 g/mol. The molecule has 0 spiro atoms. The van der Waals surface area contributed by atoms with Crippen molar-refractivity contribution in [3.8, 4) is 0 Å². The first kappa shape index (κ1) is 14.8. The summed E-state index contributed by atoms with van der Waals surface area (Å²) in [6.45, 7) is 2.02. The molecule has 0 fully saturated rings. The van der Waals surface area contributed by atoms with Crippen LogP contribution >= 0.6 is 15.9 Å². The Bertz CT molecular complexity index is 618. The highest BCUT2D eigenvalue weighted by molar-refractivity contribution is 9.10. The Labute approximate surface area is 126 Å². The lowest BCUT2D eigenvalue weighted by Crippen LogP contribution is -2.03. The Balaban J connectivity index is 2.17. The van der Waals surface area contributed by atoms with Gasteiger partial charge in [-0.15, -0.1) is 0 Å². The minimum absolute atomic E-state index is 0.113. The second-order valence-corrected chi connectivity index (χ2v) is 5.73. The predicted molar refractivity (Wildman–Crippen MR) is 80.8 cm³/mol. The average Bonchev–Trinajstić information content (AvgIpc) is 2.67. The first-order chi connectivity index (χ1) is 9.47. The number of benzene rings is 1. The molecule has 0 radical (unpaired) electrons. The summed E-state index contributed by atoms with van der Waals surface area (Å²) in [5.74, 6) is 0.0390. The van der Waals surface area contributed by atoms with Crippen molar-refractivity contribution in [1.82, 2.24) is 9.55 Å². The highest BCUT2D eigenvalue weighted by atomic mass is 79.9. The van der Waals surface area contributed by atoms with Gasteiger partial charge in [-0.1, -0.05) is 28.1 Å². The van der Waals surface area contributed by atoms with E-state index in [4.69, 9.17) is 5.11 Å². The van der Waals surface area contributed by atoms with Gasteiger partial charge in [0.1, 0.15) is 5.82 Å². The SMILES string of the molecule is Cc1c(Cc2ccc(Br)cc2)nc(CCC(=O)O)n1C. The summed E-state index contributed by atoms with van der Waals surface area (Å²) in [6.07, 6.45) is 1.34. The number of hydrogen-bond donors (Lipinski definition) is 1. The quantitative estimate of drug-likeness (QED) is 0.912. The predicted octanol–water partition coefficient (Wildman–Crippen LogP) is 3.10. The van der Waals surface area contributed by atoms with Crippen LogP contribution in [-0.4, -0.2) is 20.6 Å².